The van der Waals surface area contributed by atoms with Gasteiger partial charge in [-0.1, -0.05) is 26.0 Å². The van der Waals surface area contributed by atoms with Gasteiger partial charge in [0.05, 0.1) is 20.3 Å². The van der Waals surface area contributed by atoms with Gasteiger partial charge in [-0.3, -0.25) is 0 Å². The molecule has 0 radical (unpaired) electrons. The van der Waals surface area contributed by atoms with Gasteiger partial charge < -0.3 is 24.8 Å². The van der Waals surface area contributed by atoms with Crippen molar-refractivity contribution in [1.29, 1.82) is 0 Å². The lowest BCUT2D eigenvalue weighted by Gasteiger charge is -2.38. The van der Waals surface area contributed by atoms with E-state index < -0.39 is 24.1 Å². The molecule has 2 aromatic carbocycles. The van der Waals surface area contributed by atoms with Crippen molar-refractivity contribution >= 4 is 12.0 Å². The van der Waals surface area contributed by atoms with E-state index in [1.54, 1.807) is 24.1 Å². The molecule has 1 aliphatic heterocycles. The minimum absolute atomic E-state index is 0.100. The molecule has 0 spiro atoms. The molecule has 0 aliphatic carbocycles. The number of amides is 2. The molecule has 32 heavy (non-hydrogen) atoms. The zero-order chi connectivity index (χ0) is 23.4. The SMILES string of the molecule is COc1cc2c(cc1OC)C(c1ccc(F)cc1)N(C(=O)NC(CC(C)C)C(=O)O)CC2. The second-order valence-electron chi connectivity index (χ2n) is 8.27. The number of hydrogen-bond acceptors (Lipinski definition) is 4. The van der Waals surface area contributed by atoms with E-state index in [0.717, 1.165) is 11.1 Å². The summed E-state index contributed by atoms with van der Waals surface area (Å²) < 4.78 is 24.5. The van der Waals surface area contributed by atoms with Crippen molar-refractivity contribution in [3.63, 3.8) is 0 Å². The summed E-state index contributed by atoms with van der Waals surface area (Å²) >= 11 is 0. The molecule has 1 aliphatic rings. The second kappa shape index (κ2) is 9.89. The zero-order valence-electron chi connectivity index (χ0n) is 18.7. The van der Waals surface area contributed by atoms with Crippen LogP contribution in [0.25, 0.3) is 0 Å². The summed E-state index contributed by atoms with van der Waals surface area (Å²) in [6.45, 7) is 4.17. The van der Waals surface area contributed by atoms with E-state index >= 15 is 0 Å². The van der Waals surface area contributed by atoms with Crippen LogP contribution in [0.1, 0.15) is 43.0 Å². The van der Waals surface area contributed by atoms with Crippen LogP contribution in [0.4, 0.5) is 9.18 Å². The van der Waals surface area contributed by atoms with Crippen molar-refractivity contribution in [3.05, 3.63) is 58.9 Å². The Hall–Kier alpha value is -3.29. The molecule has 1 heterocycles. The summed E-state index contributed by atoms with van der Waals surface area (Å²) in [5.74, 6) is -0.248. The number of carboxylic acids is 1. The first kappa shape index (κ1) is 23.4. The van der Waals surface area contributed by atoms with Crippen LogP contribution < -0.4 is 14.8 Å². The maximum absolute atomic E-state index is 13.6. The third-order valence-electron chi connectivity index (χ3n) is 5.62. The van der Waals surface area contributed by atoms with Crippen LogP contribution in [0.2, 0.25) is 0 Å². The molecule has 2 unspecified atom stereocenters. The number of fused-ring (bicyclic) bond motifs is 1. The quantitative estimate of drug-likeness (QED) is 0.674. The normalized spacial score (nSPS) is 16.3. The van der Waals surface area contributed by atoms with Crippen LogP contribution in [0, 0.1) is 11.7 Å². The van der Waals surface area contributed by atoms with E-state index in [9.17, 15) is 19.1 Å². The minimum Gasteiger partial charge on any atom is -0.493 e. The van der Waals surface area contributed by atoms with Crippen molar-refractivity contribution in [2.75, 3.05) is 20.8 Å². The maximum atomic E-state index is 13.6. The van der Waals surface area contributed by atoms with Crippen molar-refractivity contribution in [2.24, 2.45) is 5.92 Å². The molecular formula is C24H29FN2O5. The minimum atomic E-state index is -1.07. The Morgan fingerprint density at radius 1 is 1.16 bits per heavy atom. The van der Waals surface area contributed by atoms with Gasteiger partial charge in [-0.2, -0.15) is 0 Å². The van der Waals surface area contributed by atoms with Crippen molar-refractivity contribution in [3.8, 4) is 11.5 Å². The van der Waals surface area contributed by atoms with Gasteiger partial charge in [-0.05, 0) is 59.7 Å². The van der Waals surface area contributed by atoms with Crippen molar-refractivity contribution in [2.45, 2.75) is 38.8 Å². The summed E-state index contributed by atoms with van der Waals surface area (Å²) in [5, 5.41) is 12.2. The number of urea groups is 1. The zero-order valence-corrected chi connectivity index (χ0v) is 18.7. The monoisotopic (exact) mass is 444 g/mol. The first-order chi connectivity index (χ1) is 15.2. The van der Waals surface area contributed by atoms with Crippen molar-refractivity contribution < 1.29 is 28.6 Å². The Kier molecular flexibility index (Phi) is 7.22. The Balaban J connectivity index is 2.03. The lowest BCUT2D eigenvalue weighted by Crippen LogP contribution is -2.51. The maximum Gasteiger partial charge on any atom is 0.326 e. The fourth-order valence-corrected chi connectivity index (χ4v) is 4.09. The highest BCUT2D eigenvalue weighted by Gasteiger charge is 2.35. The average molecular weight is 445 g/mol. The molecule has 172 valence electrons. The van der Waals surface area contributed by atoms with Gasteiger partial charge in [0, 0.05) is 6.54 Å². The summed E-state index contributed by atoms with van der Waals surface area (Å²) in [6.07, 6.45) is 0.875. The third kappa shape index (κ3) is 4.95. The fourth-order valence-electron chi connectivity index (χ4n) is 4.09. The molecule has 0 bridgehead atoms. The number of aliphatic carboxylic acids is 1. The van der Waals surface area contributed by atoms with E-state index in [4.69, 9.17) is 9.47 Å². The second-order valence-corrected chi connectivity index (χ2v) is 8.27. The average Bonchev–Trinajstić information content (AvgIpc) is 2.77. The lowest BCUT2D eigenvalue weighted by atomic mass is 9.87. The van der Waals surface area contributed by atoms with Gasteiger partial charge in [0.25, 0.3) is 0 Å². The third-order valence-corrected chi connectivity index (χ3v) is 5.62. The van der Waals surface area contributed by atoms with E-state index in [1.165, 1.54) is 19.2 Å². The number of rotatable bonds is 7. The topological polar surface area (TPSA) is 88.1 Å². The standard InChI is InChI=1S/C24H29FN2O5/c1-14(2)11-19(23(28)29)26-24(30)27-10-9-16-12-20(31-3)21(32-4)13-18(16)22(27)15-5-7-17(25)8-6-15/h5-8,12-14,19,22H,9-11H2,1-4H3,(H,26,30)(H,28,29). The molecule has 8 heteroatoms. The van der Waals surface area contributed by atoms with Crippen LogP contribution in [0.15, 0.2) is 36.4 Å². The number of nitrogens with zero attached hydrogens (tertiary/aromatic N) is 1. The Morgan fingerprint density at radius 2 is 1.78 bits per heavy atom. The molecule has 2 amide bonds. The Labute approximate surface area is 187 Å². The fraction of sp³-hybridized carbons (Fsp3) is 0.417. The highest BCUT2D eigenvalue weighted by molar-refractivity contribution is 5.83. The smallest absolute Gasteiger partial charge is 0.326 e. The molecule has 0 saturated heterocycles. The largest absolute Gasteiger partial charge is 0.493 e. The Bertz CT molecular complexity index is 977. The predicted octanol–water partition coefficient (Wildman–Crippen LogP) is 4.00. The Morgan fingerprint density at radius 3 is 2.34 bits per heavy atom. The summed E-state index contributed by atoms with van der Waals surface area (Å²) in [6, 6.07) is 7.66. The number of halogens is 1. The number of ether oxygens (including phenoxy) is 2. The number of carbonyl (C=O) groups excluding carboxylic acids is 1. The summed E-state index contributed by atoms with van der Waals surface area (Å²) in [4.78, 5) is 26.5. The number of hydrogen-bond donors (Lipinski definition) is 2. The van der Waals surface area contributed by atoms with Crippen LogP contribution in [-0.4, -0.2) is 48.8 Å². The van der Waals surface area contributed by atoms with Crippen LogP contribution in [0.3, 0.4) is 0 Å². The van der Waals surface area contributed by atoms with Gasteiger partial charge in [-0.25, -0.2) is 14.0 Å². The van der Waals surface area contributed by atoms with Gasteiger partial charge in [0.2, 0.25) is 0 Å². The molecule has 0 fully saturated rings. The molecule has 2 atom stereocenters. The van der Waals surface area contributed by atoms with Crippen LogP contribution in [-0.2, 0) is 11.2 Å². The number of carboxylic acid groups (broad SMARTS) is 1. The molecule has 0 aromatic heterocycles. The first-order valence-corrected chi connectivity index (χ1v) is 10.5. The molecule has 7 nitrogen and oxygen atoms in total. The number of benzene rings is 2. The number of nitrogens with one attached hydrogen (secondary N) is 1. The number of methoxy groups -OCH3 is 2. The molecular weight excluding hydrogens is 415 g/mol. The first-order valence-electron chi connectivity index (χ1n) is 10.5. The highest BCUT2D eigenvalue weighted by atomic mass is 19.1. The number of carbonyl (C=O) groups is 2. The summed E-state index contributed by atoms with van der Waals surface area (Å²) in [5.41, 5.74) is 2.52. The van der Waals surface area contributed by atoms with E-state index in [1.807, 2.05) is 26.0 Å². The molecule has 3 rings (SSSR count). The van der Waals surface area contributed by atoms with Gasteiger partial charge in [-0.15, -0.1) is 0 Å². The van der Waals surface area contributed by atoms with E-state index in [0.29, 0.717) is 36.4 Å². The molecule has 2 aromatic rings. The predicted molar refractivity (Wildman–Crippen MR) is 118 cm³/mol. The van der Waals surface area contributed by atoms with E-state index in [2.05, 4.69) is 5.32 Å². The van der Waals surface area contributed by atoms with Gasteiger partial charge in [0.15, 0.2) is 11.5 Å². The van der Waals surface area contributed by atoms with Crippen LogP contribution >= 0.6 is 0 Å². The molecule has 2 N–H and O–H groups in total. The van der Waals surface area contributed by atoms with Gasteiger partial charge >= 0.3 is 12.0 Å². The van der Waals surface area contributed by atoms with Crippen LogP contribution in [0.5, 0.6) is 11.5 Å². The van der Waals surface area contributed by atoms with E-state index in [-0.39, 0.29) is 11.7 Å². The lowest BCUT2D eigenvalue weighted by molar-refractivity contribution is -0.139. The van der Waals surface area contributed by atoms with Gasteiger partial charge in [0.1, 0.15) is 11.9 Å². The molecule has 0 saturated carbocycles. The van der Waals surface area contributed by atoms with Crippen molar-refractivity contribution in [1.82, 2.24) is 10.2 Å². The summed E-state index contributed by atoms with van der Waals surface area (Å²) in [7, 11) is 3.10. The highest BCUT2D eigenvalue weighted by Crippen LogP contribution is 2.41.